The first-order chi connectivity index (χ1) is 10.7. The zero-order valence-corrected chi connectivity index (χ0v) is 16.9. The van der Waals surface area contributed by atoms with Crippen molar-refractivity contribution in [2.45, 2.75) is 20.3 Å². The molecule has 0 aromatic rings. The molecule has 0 atom stereocenters. The fourth-order valence-corrected chi connectivity index (χ4v) is 1.50. The van der Waals surface area contributed by atoms with E-state index < -0.39 is 16.4 Å². The number of hydrogen-bond donors (Lipinski definition) is 2. The van der Waals surface area contributed by atoms with Crippen molar-refractivity contribution in [2.75, 3.05) is 41.3 Å². The average molecular weight is 383 g/mol. The molecule has 0 rings (SSSR count). The van der Waals surface area contributed by atoms with Crippen molar-refractivity contribution in [2.24, 2.45) is 0 Å². The first-order valence-electron chi connectivity index (χ1n) is 7.16. The van der Waals surface area contributed by atoms with Crippen molar-refractivity contribution < 1.29 is 30.9 Å². The molecule has 0 saturated carbocycles. The van der Waals surface area contributed by atoms with E-state index in [9.17, 15) is 18.0 Å². The van der Waals surface area contributed by atoms with Crippen LogP contribution >= 0.6 is 0 Å². The van der Waals surface area contributed by atoms with Gasteiger partial charge in [-0.3, -0.25) is 4.79 Å². The Morgan fingerprint density at radius 1 is 1.08 bits per heavy atom. The van der Waals surface area contributed by atoms with Gasteiger partial charge in [-0.2, -0.15) is 8.42 Å². The van der Waals surface area contributed by atoms with Crippen LogP contribution in [-0.2, 0) is 28.4 Å². The molecule has 0 saturated heterocycles. The Balaban J connectivity index is -0.000000377. The fraction of sp³-hybridized carbons (Fsp3) is 0.600. The molecule has 1 amide bonds. The predicted molar refractivity (Wildman–Crippen MR) is 97.2 cm³/mol. The van der Waals surface area contributed by atoms with Crippen LogP contribution < -0.4 is 11.5 Å². The van der Waals surface area contributed by atoms with Gasteiger partial charge in [-0.1, -0.05) is 13.2 Å². The number of amides is 1. The molecular formula is C15H32N3O6S+. The molecule has 0 aliphatic carbocycles. The van der Waals surface area contributed by atoms with Crippen LogP contribution in [-0.4, -0.2) is 66.1 Å². The Morgan fingerprint density at radius 2 is 1.56 bits per heavy atom. The van der Waals surface area contributed by atoms with E-state index in [4.69, 9.17) is 0 Å². The number of nitrogens with one attached hydrogen (secondary N) is 1. The van der Waals surface area contributed by atoms with Crippen LogP contribution in [0.3, 0.4) is 0 Å². The highest BCUT2D eigenvalue weighted by atomic mass is 32.3. The number of carbonyl (C=O) groups excluding carboxylic acids is 2. The van der Waals surface area contributed by atoms with Gasteiger partial charge in [0.2, 0.25) is 5.91 Å². The van der Waals surface area contributed by atoms with Crippen LogP contribution in [0.25, 0.3) is 0 Å². The maximum atomic E-state index is 11.1. The number of nitrogens with zero attached hydrogens (tertiary/aromatic N) is 1. The van der Waals surface area contributed by atoms with Gasteiger partial charge in [0.1, 0.15) is 0 Å². The zero-order chi connectivity index (χ0) is 19.6. The Hall–Kier alpha value is -1.75. The standard InChI is InChI=1S/C10H20N2O.C5H8O5S.H3N/c1-9(2)10(13)11-7-6-8-12(3,4)5;1-4(2)5(6)10-11(7,8)9-3;/h1,6-8H2,2-5H3;1H2,2-3H3;1H3/p+1. The molecule has 0 radical (unpaired) electrons. The molecule has 9 nitrogen and oxygen atoms in total. The summed E-state index contributed by atoms with van der Waals surface area (Å²) < 4.78 is 29.5. The van der Waals surface area contributed by atoms with Crippen molar-refractivity contribution in [3.05, 3.63) is 24.3 Å². The summed E-state index contributed by atoms with van der Waals surface area (Å²) >= 11 is 0. The van der Waals surface area contributed by atoms with E-state index in [0.717, 1.165) is 31.1 Å². The summed E-state index contributed by atoms with van der Waals surface area (Å²) in [5.74, 6) is -1.06. The fourth-order valence-electron chi connectivity index (χ4n) is 1.10. The summed E-state index contributed by atoms with van der Waals surface area (Å²) in [6.45, 7) is 11.6. The van der Waals surface area contributed by atoms with Gasteiger partial charge in [-0.05, 0) is 13.8 Å². The minimum absolute atomic E-state index is 0. The third-order valence-corrected chi connectivity index (χ3v) is 3.17. The van der Waals surface area contributed by atoms with Gasteiger partial charge in [0.25, 0.3) is 0 Å². The van der Waals surface area contributed by atoms with Crippen molar-refractivity contribution in [1.82, 2.24) is 11.5 Å². The Morgan fingerprint density at radius 3 is 1.88 bits per heavy atom. The van der Waals surface area contributed by atoms with Gasteiger partial charge in [0.15, 0.2) is 0 Å². The van der Waals surface area contributed by atoms with E-state index in [1.165, 1.54) is 6.92 Å². The summed E-state index contributed by atoms with van der Waals surface area (Å²) in [5.41, 5.74) is 0.566. The number of quaternary nitrogens is 1. The summed E-state index contributed by atoms with van der Waals surface area (Å²) in [6, 6.07) is 0. The molecule has 10 heteroatoms. The second-order valence-corrected chi connectivity index (χ2v) is 7.45. The van der Waals surface area contributed by atoms with Crippen molar-refractivity contribution in [3.63, 3.8) is 0 Å². The van der Waals surface area contributed by atoms with Crippen LogP contribution in [0.4, 0.5) is 0 Å². The highest BCUT2D eigenvalue weighted by Gasteiger charge is 2.15. The van der Waals surface area contributed by atoms with Gasteiger partial charge in [0.05, 0.1) is 34.8 Å². The molecule has 0 fully saturated rings. The van der Waals surface area contributed by atoms with Crippen molar-refractivity contribution >= 4 is 22.3 Å². The van der Waals surface area contributed by atoms with Crippen LogP contribution in [0.15, 0.2) is 24.3 Å². The Kier molecular flexibility index (Phi) is 14.1. The quantitative estimate of drug-likeness (QED) is 0.362. The third kappa shape index (κ3) is 18.4. The molecule has 0 aromatic carbocycles. The maximum absolute atomic E-state index is 11.1. The molecule has 25 heavy (non-hydrogen) atoms. The van der Waals surface area contributed by atoms with Gasteiger partial charge in [-0.25, -0.2) is 8.98 Å². The number of hydrogen-bond acceptors (Lipinski definition) is 7. The molecule has 0 aromatic heterocycles. The predicted octanol–water partition coefficient (Wildman–Crippen LogP) is 0.934. The van der Waals surface area contributed by atoms with Gasteiger partial charge < -0.3 is 20.1 Å². The van der Waals surface area contributed by atoms with Gasteiger partial charge in [-0.15, -0.1) is 0 Å². The van der Waals surface area contributed by atoms with E-state index in [2.05, 4.69) is 48.0 Å². The van der Waals surface area contributed by atoms with E-state index >= 15 is 0 Å². The minimum atomic E-state index is -4.17. The van der Waals surface area contributed by atoms with Crippen LogP contribution in [0.2, 0.25) is 0 Å². The molecule has 0 spiro atoms. The van der Waals surface area contributed by atoms with Crippen molar-refractivity contribution in [1.29, 1.82) is 0 Å². The molecule has 0 unspecified atom stereocenters. The lowest BCUT2D eigenvalue weighted by Crippen LogP contribution is -2.37. The normalized spacial score (nSPS) is 10.5. The summed E-state index contributed by atoms with van der Waals surface area (Å²) in [6.07, 6.45) is 1.00. The minimum Gasteiger partial charge on any atom is -0.352 e. The number of rotatable bonds is 8. The molecule has 148 valence electrons. The molecule has 0 heterocycles. The first-order valence-corrected chi connectivity index (χ1v) is 8.49. The van der Waals surface area contributed by atoms with Gasteiger partial charge >= 0.3 is 16.4 Å². The molecule has 4 N–H and O–H groups in total. The summed E-state index contributed by atoms with van der Waals surface area (Å²) in [7, 11) is 3.13. The highest BCUT2D eigenvalue weighted by molar-refractivity contribution is 7.82. The van der Waals surface area contributed by atoms with Crippen molar-refractivity contribution in [3.8, 4) is 0 Å². The Bertz CT molecular complexity index is 564. The highest BCUT2D eigenvalue weighted by Crippen LogP contribution is 1.99. The van der Waals surface area contributed by atoms with Crippen LogP contribution in [0, 0.1) is 0 Å². The lowest BCUT2D eigenvalue weighted by atomic mass is 10.3. The second kappa shape index (κ2) is 12.6. The average Bonchev–Trinajstić information content (AvgIpc) is 2.42. The number of carbonyl (C=O) groups is 2. The third-order valence-electron chi connectivity index (χ3n) is 2.41. The zero-order valence-electron chi connectivity index (χ0n) is 16.0. The topological polar surface area (TPSA) is 134 Å². The SMILES string of the molecule is C=C(C)C(=O)NCCC[N+](C)(C)C.C=C(C)C(=O)OS(=O)(=O)OC.N. The largest absolute Gasteiger partial charge is 0.451 e. The van der Waals surface area contributed by atoms with E-state index in [1.54, 1.807) is 6.92 Å². The monoisotopic (exact) mass is 382 g/mol. The van der Waals surface area contributed by atoms with Crippen LogP contribution in [0.5, 0.6) is 0 Å². The molecule has 0 aliphatic rings. The lowest BCUT2D eigenvalue weighted by molar-refractivity contribution is -0.870. The molecule has 0 aliphatic heterocycles. The first kappa shape index (κ1) is 28.1. The summed E-state index contributed by atoms with van der Waals surface area (Å²) in [4.78, 5) is 21.6. The van der Waals surface area contributed by atoms with Crippen LogP contribution in [0.1, 0.15) is 20.3 Å². The van der Waals surface area contributed by atoms with E-state index in [1.807, 2.05) is 0 Å². The second-order valence-electron chi connectivity index (χ2n) is 6.13. The van der Waals surface area contributed by atoms with E-state index in [-0.39, 0.29) is 17.6 Å². The lowest BCUT2D eigenvalue weighted by Gasteiger charge is -2.23. The molecule has 0 bridgehead atoms. The molecular weight excluding hydrogens is 350 g/mol. The Labute approximate surface area is 151 Å². The summed E-state index contributed by atoms with van der Waals surface area (Å²) in [5, 5.41) is 2.81. The van der Waals surface area contributed by atoms with Gasteiger partial charge in [0, 0.05) is 24.1 Å². The maximum Gasteiger partial charge on any atom is 0.451 e. The van der Waals surface area contributed by atoms with E-state index in [0.29, 0.717) is 5.57 Å². The smallest absolute Gasteiger partial charge is 0.352 e.